The molecule has 0 unspecified atom stereocenters. The number of aryl methyl sites for hydroxylation is 1. The molecular weight excluding hydrogens is 158 g/mol. The Morgan fingerprint density at radius 1 is 1.54 bits per heavy atom. The summed E-state index contributed by atoms with van der Waals surface area (Å²) >= 11 is 0. The second-order valence-electron chi connectivity index (χ2n) is 3.34. The van der Waals surface area contributed by atoms with Crippen LogP contribution in [0.25, 0.3) is 5.57 Å². The molecule has 1 heterocycles. The fraction of sp³-hybridized carbons (Fsp3) is 0.417. The van der Waals surface area contributed by atoms with E-state index in [2.05, 4.69) is 24.6 Å². The maximum absolute atomic E-state index is 4.25. The third kappa shape index (κ3) is 2.69. The summed E-state index contributed by atoms with van der Waals surface area (Å²) in [5.74, 6) is 0. The lowest BCUT2D eigenvalue weighted by Gasteiger charge is -2.06. The SMILES string of the molecule is C=C(CCCC)c1cccnc1C. The molecule has 0 atom stereocenters. The molecule has 1 nitrogen and oxygen atoms in total. The lowest BCUT2D eigenvalue weighted by atomic mass is 10.0. The minimum absolute atomic E-state index is 1.09. The maximum atomic E-state index is 4.25. The van der Waals surface area contributed by atoms with E-state index in [-0.39, 0.29) is 0 Å². The number of allylic oxidation sites excluding steroid dienone is 1. The monoisotopic (exact) mass is 175 g/mol. The van der Waals surface area contributed by atoms with Crippen LogP contribution in [0.4, 0.5) is 0 Å². The van der Waals surface area contributed by atoms with Crippen molar-refractivity contribution in [1.29, 1.82) is 0 Å². The molecule has 0 bridgehead atoms. The zero-order valence-corrected chi connectivity index (χ0v) is 8.51. The van der Waals surface area contributed by atoms with Crippen LogP contribution >= 0.6 is 0 Å². The van der Waals surface area contributed by atoms with Gasteiger partial charge in [0.15, 0.2) is 0 Å². The first-order valence-electron chi connectivity index (χ1n) is 4.85. The third-order valence-corrected chi connectivity index (χ3v) is 2.22. The van der Waals surface area contributed by atoms with Gasteiger partial charge < -0.3 is 0 Å². The van der Waals surface area contributed by atoms with Crippen LogP contribution < -0.4 is 0 Å². The van der Waals surface area contributed by atoms with Crippen LogP contribution in [0.15, 0.2) is 24.9 Å². The van der Waals surface area contributed by atoms with E-state index >= 15 is 0 Å². The van der Waals surface area contributed by atoms with E-state index in [0.717, 1.165) is 12.1 Å². The minimum atomic E-state index is 1.09. The van der Waals surface area contributed by atoms with Crippen molar-refractivity contribution in [2.24, 2.45) is 0 Å². The van der Waals surface area contributed by atoms with Crippen molar-refractivity contribution in [2.45, 2.75) is 33.1 Å². The summed E-state index contributed by atoms with van der Waals surface area (Å²) in [6, 6.07) is 4.07. The molecule has 70 valence electrons. The van der Waals surface area contributed by atoms with Crippen molar-refractivity contribution in [3.8, 4) is 0 Å². The van der Waals surface area contributed by atoms with Gasteiger partial charge in [-0.2, -0.15) is 0 Å². The number of aromatic nitrogens is 1. The molecule has 0 saturated carbocycles. The van der Waals surface area contributed by atoms with Gasteiger partial charge in [-0.1, -0.05) is 26.0 Å². The highest BCUT2D eigenvalue weighted by Crippen LogP contribution is 2.20. The molecule has 0 N–H and O–H groups in total. The molecule has 0 fully saturated rings. The Kier molecular flexibility index (Phi) is 3.69. The Balaban J connectivity index is 2.71. The molecular formula is C12H17N. The van der Waals surface area contributed by atoms with Gasteiger partial charge in [0, 0.05) is 11.9 Å². The van der Waals surface area contributed by atoms with E-state index in [4.69, 9.17) is 0 Å². The molecule has 13 heavy (non-hydrogen) atoms. The first kappa shape index (κ1) is 9.97. The lowest BCUT2D eigenvalue weighted by molar-refractivity contribution is 0.824. The number of hydrogen-bond acceptors (Lipinski definition) is 1. The lowest BCUT2D eigenvalue weighted by Crippen LogP contribution is -1.90. The summed E-state index contributed by atoms with van der Waals surface area (Å²) < 4.78 is 0. The number of nitrogens with zero attached hydrogens (tertiary/aromatic N) is 1. The molecule has 0 saturated heterocycles. The highest BCUT2D eigenvalue weighted by Gasteiger charge is 2.01. The average molecular weight is 175 g/mol. The fourth-order valence-electron chi connectivity index (χ4n) is 1.38. The van der Waals surface area contributed by atoms with Gasteiger partial charge in [0.1, 0.15) is 0 Å². The van der Waals surface area contributed by atoms with E-state index < -0.39 is 0 Å². The molecule has 0 aromatic carbocycles. The summed E-state index contributed by atoms with van der Waals surface area (Å²) in [5.41, 5.74) is 3.52. The quantitative estimate of drug-likeness (QED) is 0.681. The van der Waals surface area contributed by atoms with Crippen molar-refractivity contribution >= 4 is 5.57 Å². The summed E-state index contributed by atoms with van der Waals surface area (Å²) in [5, 5.41) is 0. The predicted octanol–water partition coefficient (Wildman–Crippen LogP) is 3.59. The average Bonchev–Trinajstić information content (AvgIpc) is 2.15. The van der Waals surface area contributed by atoms with Crippen LogP contribution in [0.1, 0.15) is 37.4 Å². The largest absolute Gasteiger partial charge is 0.261 e. The highest BCUT2D eigenvalue weighted by atomic mass is 14.7. The molecule has 1 heteroatoms. The highest BCUT2D eigenvalue weighted by molar-refractivity contribution is 5.64. The fourth-order valence-corrected chi connectivity index (χ4v) is 1.38. The van der Waals surface area contributed by atoms with Crippen LogP contribution in [-0.2, 0) is 0 Å². The van der Waals surface area contributed by atoms with Crippen LogP contribution in [-0.4, -0.2) is 4.98 Å². The molecule has 1 rings (SSSR count). The van der Waals surface area contributed by atoms with Crippen LogP contribution in [0.2, 0.25) is 0 Å². The molecule has 0 radical (unpaired) electrons. The molecule has 0 spiro atoms. The van der Waals surface area contributed by atoms with E-state index in [1.54, 1.807) is 0 Å². The van der Waals surface area contributed by atoms with Gasteiger partial charge in [0.25, 0.3) is 0 Å². The van der Waals surface area contributed by atoms with Crippen molar-refractivity contribution in [2.75, 3.05) is 0 Å². The third-order valence-electron chi connectivity index (χ3n) is 2.22. The molecule has 0 aliphatic carbocycles. The first-order valence-corrected chi connectivity index (χ1v) is 4.85. The Morgan fingerprint density at radius 3 is 2.92 bits per heavy atom. The Bertz CT molecular complexity index is 289. The predicted molar refractivity (Wildman–Crippen MR) is 57.5 cm³/mol. The molecule has 1 aromatic heterocycles. The van der Waals surface area contributed by atoms with Gasteiger partial charge in [-0.3, -0.25) is 4.98 Å². The maximum Gasteiger partial charge on any atom is 0.0447 e. The van der Waals surface area contributed by atoms with E-state index in [9.17, 15) is 0 Å². The van der Waals surface area contributed by atoms with Crippen LogP contribution in [0.3, 0.4) is 0 Å². The van der Waals surface area contributed by atoms with E-state index in [1.165, 1.54) is 24.0 Å². The topological polar surface area (TPSA) is 12.9 Å². The number of unbranched alkanes of at least 4 members (excludes halogenated alkanes) is 1. The van der Waals surface area contributed by atoms with Gasteiger partial charge in [-0.25, -0.2) is 0 Å². The smallest absolute Gasteiger partial charge is 0.0447 e. The summed E-state index contributed by atoms with van der Waals surface area (Å²) in [6.07, 6.45) is 5.35. The Hall–Kier alpha value is -1.11. The van der Waals surface area contributed by atoms with Crippen LogP contribution in [0, 0.1) is 6.92 Å². The van der Waals surface area contributed by atoms with Gasteiger partial charge in [0.05, 0.1) is 0 Å². The minimum Gasteiger partial charge on any atom is -0.261 e. The molecule has 1 aromatic rings. The van der Waals surface area contributed by atoms with E-state index in [0.29, 0.717) is 0 Å². The van der Waals surface area contributed by atoms with Gasteiger partial charge in [-0.15, -0.1) is 0 Å². The van der Waals surface area contributed by atoms with Crippen molar-refractivity contribution in [3.63, 3.8) is 0 Å². The van der Waals surface area contributed by atoms with Gasteiger partial charge >= 0.3 is 0 Å². The van der Waals surface area contributed by atoms with Crippen molar-refractivity contribution < 1.29 is 0 Å². The number of pyridine rings is 1. The Labute approximate surface area is 80.5 Å². The second-order valence-corrected chi connectivity index (χ2v) is 3.34. The normalized spacial score (nSPS) is 10.0. The Morgan fingerprint density at radius 2 is 2.31 bits per heavy atom. The summed E-state index contributed by atoms with van der Waals surface area (Å²) in [4.78, 5) is 4.25. The van der Waals surface area contributed by atoms with Crippen molar-refractivity contribution in [3.05, 3.63) is 36.2 Å². The molecule has 0 amide bonds. The molecule has 0 aliphatic rings. The second kappa shape index (κ2) is 4.80. The van der Waals surface area contributed by atoms with Crippen LogP contribution in [0.5, 0.6) is 0 Å². The standard InChI is InChI=1S/C12H17N/c1-4-5-7-10(2)12-8-6-9-13-11(12)3/h6,8-9H,2,4-5,7H2,1,3H3. The number of hydrogen-bond donors (Lipinski definition) is 0. The van der Waals surface area contributed by atoms with Crippen molar-refractivity contribution in [1.82, 2.24) is 4.98 Å². The van der Waals surface area contributed by atoms with Gasteiger partial charge in [0.2, 0.25) is 0 Å². The first-order chi connectivity index (χ1) is 6.25. The summed E-state index contributed by atoms with van der Waals surface area (Å²) in [7, 11) is 0. The zero-order valence-electron chi connectivity index (χ0n) is 8.51. The van der Waals surface area contributed by atoms with E-state index in [1.807, 2.05) is 19.2 Å². The van der Waals surface area contributed by atoms with Gasteiger partial charge in [-0.05, 0) is 37.0 Å². The molecule has 0 aliphatic heterocycles. The number of rotatable bonds is 4. The summed E-state index contributed by atoms with van der Waals surface area (Å²) in [6.45, 7) is 8.32. The zero-order chi connectivity index (χ0) is 9.68.